The first-order valence-corrected chi connectivity index (χ1v) is 19.7. The van der Waals surface area contributed by atoms with Gasteiger partial charge in [0.05, 0.1) is 6.10 Å². The Hall–Kier alpha value is -2.89. The highest BCUT2D eigenvalue weighted by molar-refractivity contribution is 6.48. The van der Waals surface area contributed by atoms with E-state index in [1.165, 1.54) is 44.1 Å². The Morgan fingerprint density at radius 3 is 2.13 bits per heavy atom. The van der Waals surface area contributed by atoms with E-state index in [-0.39, 0.29) is 29.3 Å². The molecule has 241 valence electrons. The minimum absolute atomic E-state index is 0.0172. The number of hydrogen-bond acceptors (Lipinski definition) is 3. The molecule has 1 saturated carbocycles. The third kappa shape index (κ3) is 8.48. The third-order valence-corrected chi connectivity index (χ3v) is 10.7. The predicted octanol–water partition coefficient (Wildman–Crippen LogP) is 11.4. The van der Waals surface area contributed by atoms with Crippen molar-refractivity contribution in [2.45, 2.75) is 117 Å². The summed E-state index contributed by atoms with van der Waals surface area (Å²) >= 11 is 0. The molecule has 1 aliphatic heterocycles. The summed E-state index contributed by atoms with van der Waals surface area (Å²) in [5, 5.41) is 3.37. The van der Waals surface area contributed by atoms with E-state index in [0.29, 0.717) is 12.3 Å². The van der Waals surface area contributed by atoms with Gasteiger partial charge >= 0.3 is 0 Å². The lowest BCUT2D eigenvalue weighted by Gasteiger charge is -2.38. The van der Waals surface area contributed by atoms with Gasteiger partial charge in [0.1, 0.15) is 11.5 Å². The van der Waals surface area contributed by atoms with E-state index in [1.54, 1.807) is 0 Å². The molecular formula is C40H54NO3Si. The number of benzene rings is 3. The Labute approximate surface area is 274 Å². The van der Waals surface area contributed by atoms with E-state index in [0.717, 1.165) is 46.2 Å². The van der Waals surface area contributed by atoms with E-state index in [9.17, 15) is 4.79 Å². The highest BCUT2D eigenvalue weighted by Crippen LogP contribution is 2.46. The second-order valence-corrected chi connectivity index (χ2v) is 17.1. The van der Waals surface area contributed by atoms with Crippen molar-refractivity contribution in [1.82, 2.24) is 0 Å². The fraction of sp³-hybridized carbons (Fsp3) is 0.525. The van der Waals surface area contributed by atoms with Gasteiger partial charge in [-0.25, -0.2) is 0 Å². The van der Waals surface area contributed by atoms with Gasteiger partial charge in [0.2, 0.25) is 14.9 Å². The number of carbonyl (C=O) groups excluding carboxylic acids is 1. The molecule has 1 radical (unpaired) electrons. The molecule has 2 aliphatic rings. The molecule has 0 spiro atoms. The fourth-order valence-electron chi connectivity index (χ4n) is 7.42. The number of hydrogen-bond donors (Lipinski definition) is 1. The fourth-order valence-corrected chi connectivity index (χ4v) is 8.23. The van der Waals surface area contributed by atoms with Crippen LogP contribution >= 0.6 is 0 Å². The number of nitrogens with one attached hydrogen (secondary N) is 1. The van der Waals surface area contributed by atoms with Gasteiger partial charge in [-0.3, -0.25) is 4.79 Å². The van der Waals surface area contributed by atoms with Crippen LogP contribution in [0.1, 0.15) is 126 Å². The zero-order valence-electron chi connectivity index (χ0n) is 28.6. The van der Waals surface area contributed by atoms with Gasteiger partial charge in [0.15, 0.2) is 0 Å². The van der Waals surface area contributed by atoms with Crippen LogP contribution in [0.2, 0.25) is 13.1 Å². The molecule has 0 aromatic heterocycles. The number of ether oxygens (including phenoxy) is 1. The van der Waals surface area contributed by atoms with Crippen LogP contribution in [0.25, 0.3) is 0 Å². The lowest BCUT2D eigenvalue weighted by molar-refractivity contribution is -0.116. The zero-order valence-corrected chi connectivity index (χ0v) is 29.6. The van der Waals surface area contributed by atoms with Crippen molar-refractivity contribution in [3.63, 3.8) is 0 Å². The summed E-state index contributed by atoms with van der Waals surface area (Å²) in [5.74, 6) is 3.30. The molecule has 3 aromatic rings. The molecule has 45 heavy (non-hydrogen) atoms. The molecule has 0 saturated heterocycles. The average Bonchev–Trinajstić information content (AvgIpc) is 3.00. The molecule has 1 N–H and O–H groups in total. The number of amides is 1. The predicted molar refractivity (Wildman–Crippen MR) is 189 cm³/mol. The van der Waals surface area contributed by atoms with Crippen molar-refractivity contribution in [3.05, 3.63) is 89.0 Å². The number of fused-ring (bicyclic) bond motifs is 2. The quantitative estimate of drug-likeness (QED) is 0.216. The molecule has 4 nitrogen and oxygen atoms in total. The average molecular weight is 625 g/mol. The topological polar surface area (TPSA) is 47.6 Å². The molecule has 1 fully saturated rings. The molecule has 2 atom stereocenters. The van der Waals surface area contributed by atoms with Gasteiger partial charge in [-0.15, -0.1) is 0 Å². The van der Waals surface area contributed by atoms with Crippen molar-refractivity contribution in [3.8, 4) is 11.5 Å². The van der Waals surface area contributed by atoms with Gasteiger partial charge in [0.25, 0.3) is 0 Å². The summed E-state index contributed by atoms with van der Waals surface area (Å²) in [5.41, 5.74) is 5.58. The first-order valence-electron chi connectivity index (χ1n) is 17.3. The van der Waals surface area contributed by atoms with Gasteiger partial charge in [-0.1, -0.05) is 115 Å². The maximum atomic E-state index is 13.9. The molecule has 3 aromatic carbocycles. The van der Waals surface area contributed by atoms with Crippen LogP contribution in [-0.4, -0.2) is 14.9 Å². The molecule has 5 heteroatoms. The van der Waals surface area contributed by atoms with Crippen molar-refractivity contribution < 1.29 is 14.0 Å². The van der Waals surface area contributed by atoms with Gasteiger partial charge in [-0.2, -0.15) is 0 Å². The van der Waals surface area contributed by atoms with E-state index in [1.807, 2.05) is 36.4 Å². The molecule has 5 rings (SSSR count). The van der Waals surface area contributed by atoms with Crippen LogP contribution in [0.15, 0.2) is 66.7 Å². The molecular weight excluding hydrogens is 571 g/mol. The van der Waals surface area contributed by atoms with Crippen molar-refractivity contribution >= 4 is 20.6 Å². The van der Waals surface area contributed by atoms with Crippen LogP contribution in [0.4, 0.5) is 5.69 Å². The summed E-state index contributed by atoms with van der Waals surface area (Å²) in [4.78, 5) is 13.9. The second-order valence-electron chi connectivity index (χ2n) is 15.0. The smallest absolute Gasteiger partial charge is 0.225 e. The molecule has 1 amide bonds. The van der Waals surface area contributed by atoms with Crippen LogP contribution < -0.4 is 10.1 Å². The summed E-state index contributed by atoms with van der Waals surface area (Å²) in [6.07, 6.45) is 9.56. The Morgan fingerprint density at radius 2 is 1.56 bits per heavy atom. The minimum atomic E-state index is -0.938. The van der Waals surface area contributed by atoms with Crippen molar-refractivity contribution in [2.75, 3.05) is 5.32 Å². The highest BCUT2D eigenvalue weighted by atomic mass is 28.3. The van der Waals surface area contributed by atoms with Gasteiger partial charge < -0.3 is 14.5 Å². The van der Waals surface area contributed by atoms with E-state index < -0.39 is 9.04 Å². The number of rotatable bonds is 11. The van der Waals surface area contributed by atoms with E-state index in [2.05, 4.69) is 83.4 Å². The van der Waals surface area contributed by atoms with Gasteiger partial charge in [-0.05, 0) is 78.4 Å². The van der Waals surface area contributed by atoms with Crippen LogP contribution in [0.5, 0.6) is 11.5 Å². The number of carbonyl (C=O) groups is 1. The van der Waals surface area contributed by atoms with Gasteiger partial charge in [0, 0.05) is 29.2 Å². The standard InChI is InChI=1S/C40H54NO3Si/c1-27(2)31-22-21-29(38(44-45(6)7)25-30(40(3,4)5)23-28-15-9-8-10-16-28)24-35(31)41-39(42)26-34-32-17-11-13-19-36(32)43-37-20-14-12-18-33(34)37/h11-14,17-22,24,27-28,30,34,38H,8-10,15-16,23,25-26H2,1-7H3,(H,41,42). The van der Waals surface area contributed by atoms with Crippen molar-refractivity contribution in [2.24, 2.45) is 17.3 Å². The van der Waals surface area contributed by atoms with Crippen molar-refractivity contribution in [1.29, 1.82) is 0 Å². The maximum Gasteiger partial charge on any atom is 0.225 e. The highest BCUT2D eigenvalue weighted by Gasteiger charge is 2.33. The normalized spacial score (nSPS) is 17.0. The Kier molecular flexibility index (Phi) is 10.9. The largest absolute Gasteiger partial charge is 0.457 e. The van der Waals surface area contributed by atoms with Crippen LogP contribution in [0, 0.1) is 17.3 Å². The molecule has 1 aliphatic carbocycles. The summed E-state index contributed by atoms with van der Waals surface area (Å²) in [6, 6.07) is 22.9. The lowest BCUT2D eigenvalue weighted by Crippen LogP contribution is -2.28. The number of anilines is 1. The second kappa shape index (κ2) is 14.7. The van der Waals surface area contributed by atoms with E-state index >= 15 is 0 Å². The van der Waals surface area contributed by atoms with E-state index in [4.69, 9.17) is 9.16 Å². The maximum absolute atomic E-state index is 13.9. The SMILES string of the molecule is CC(C)c1ccc(C(CC(CC2CCCCC2)C(C)(C)C)O[Si](C)C)cc1NC(=O)CC1c2ccccc2Oc2ccccc21. The molecule has 1 heterocycles. The van der Waals surface area contributed by atoms with Crippen LogP contribution in [0.3, 0.4) is 0 Å². The minimum Gasteiger partial charge on any atom is -0.457 e. The molecule has 0 bridgehead atoms. The first kappa shape index (κ1) is 33.5. The lowest BCUT2D eigenvalue weighted by atomic mass is 9.70. The Morgan fingerprint density at radius 1 is 0.933 bits per heavy atom. The summed E-state index contributed by atoms with van der Waals surface area (Å²) in [6.45, 7) is 16.1. The number of para-hydroxylation sites is 2. The monoisotopic (exact) mass is 624 g/mol. The third-order valence-electron chi connectivity index (χ3n) is 9.99. The Bertz CT molecular complexity index is 1390. The first-order chi connectivity index (χ1) is 21.5. The molecule has 2 unspecified atom stereocenters. The Balaban J connectivity index is 1.40. The summed E-state index contributed by atoms with van der Waals surface area (Å²) in [7, 11) is -0.938. The summed E-state index contributed by atoms with van der Waals surface area (Å²) < 4.78 is 13.0. The van der Waals surface area contributed by atoms with Crippen LogP contribution in [-0.2, 0) is 9.22 Å². The zero-order chi connectivity index (χ0) is 32.1.